The average Bonchev–Trinajstić information content (AvgIpc) is 3.10. The lowest BCUT2D eigenvalue weighted by Crippen LogP contribution is -2.45. The van der Waals surface area contributed by atoms with Gasteiger partial charge in [0.25, 0.3) is 0 Å². The lowest BCUT2D eigenvalue weighted by molar-refractivity contribution is -0.143. The zero-order chi connectivity index (χ0) is 19.0. The molecular formula is C21H20N2O4. The Morgan fingerprint density at radius 1 is 1.00 bits per heavy atom. The minimum absolute atomic E-state index is 0.211. The maximum Gasteiger partial charge on any atom is 0.337 e. The summed E-state index contributed by atoms with van der Waals surface area (Å²) < 4.78 is 9.73. The van der Waals surface area contributed by atoms with Gasteiger partial charge in [-0.05, 0) is 29.3 Å². The molecule has 0 unspecified atom stereocenters. The highest BCUT2D eigenvalue weighted by atomic mass is 16.5. The van der Waals surface area contributed by atoms with E-state index in [1.54, 1.807) is 12.1 Å². The summed E-state index contributed by atoms with van der Waals surface area (Å²) in [5.41, 5.74) is 4.61. The molecule has 27 heavy (non-hydrogen) atoms. The highest BCUT2D eigenvalue weighted by Gasteiger charge is 2.34. The van der Waals surface area contributed by atoms with Crippen LogP contribution in [0.25, 0.3) is 10.9 Å². The first-order valence-corrected chi connectivity index (χ1v) is 8.74. The first-order chi connectivity index (χ1) is 13.1. The number of benzene rings is 2. The highest BCUT2D eigenvalue weighted by molar-refractivity contribution is 5.89. The third kappa shape index (κ3) is 2.98. The van der Waals surface area contributed by atoms with Crippen molar-refractivity contribution in [2.75, 3.05) is 14.2 Å². The predicted molar refractivity (Wildman–Crippen MR) is 101 cm³/mol. The van der Waals surface area contributed by atoms with Crippen LogP contribution in [0.2, 0.25) is 0 Å². The molecule has 2 atom stereocenters. The second kappa shape index (κ2) is 6.89. The Hall–Kier alpha value is -3.12. The summed E-state index contributed by atoms with van der Waals surface area (Å²) >= 11 is 0. The summed E-state index contributed by atoms with van der Waals surface area (Å²) in [7, 11) is 2.76. The number of hydrogen-bond acceptors (Lipinski definition) is 5. The molecule has 2 heterocycles. The van der Waals surface area contributed by atoms with E-state index in [1.165, 1.54) is 14.2 Å². The number of aromatic amines is 1. The smallest absolute Gasteiger partial charge is 0.337 e. The molecule has 1 aromatic heterocycles. The molecule has 0 aliphatic carbocycles. The van der Waals surface area contributed by atoms with Gasteiger partial charge < -0.3 is 14.5 Å². The molecule has 0 amide bonds. The molecule has 6 nitrogen and oxygen atoms in total. The van der Waals surface area contributed by atoms with E-state index in [1.807, 2.05) is 30.3 Å². The molecule has 0 radical (unpaired) electrons. The Morgan fingerprint density at radius 2 is 1.74 bits per heavy atom. The van der Waals surface area contributed by atoms with Crippen LogP contribution in [0.1, 0.15) is 33.2 Å². The largest absolute Gasteiger partial charge is 0.468 e. The van der Waals surface area contributed by atoms with Crippen LogP contribution < -0.4 is 5.32 Å². The number of fused-ring (bicyclic) bond motifs is 3. The molecule has 0 saturated carbocycles. The van der Waals surface area contributed by atoms with Gasteiger partial charge in [-0.25, -0.2) is 4.79 Å². The standard InChI is InChI=1S/C21H20N2O4/c1-26-20(24)13-9-7-12(8-10-13)18-19-15(11-17(23-18)21(25)27-2)14-5-3-4-6-16(14)22-19/h3-10,17-18,22-23H,11H2,1-2H3/t17-,18+/m1/s1. The number of aromatic nitrogens is 1. The van der Waals surface area contributed by atoms with Crippen molar-refractivity contribution in [2.45, 2.75) is 18.5 Å². The molecule has 0 fully saturated rings. The van der Waals surface area contributed by atoms with E-state index in [-0.39, 0.29) is 18.0 Å². The fourth-order valence-electron chi connectivity index (χ4n) is 3.72. The Bertz CT molecular complexity index is 1010. The third-order valence-electron chi connectivity index (χ3n) is 5.06. The second-order valence-electron chi connectivity index (χ2n) is 6.56. The lowest BCUT2D eigenvalue weighted by Gasteiger charge is -2.30. The summed E-state index contributed by atoms with van der Waals surface area (Å²) in [6.45, 7) is 0. The van der Waals surface area contributed by atoms with Crippen LogP contribution in [0.5, 0.6) is 0 Å². The van der Waals surface area contributed by atoms with E-state index < -0.39 is 6.04 Å². The number of esters is 2. The van der Waals surface area contributed by atoms with E-state index in [9.17, 15) is 9.59 Å². The highest BCUT2D eigenvalue weighted by Crippen LogP contribution is 2.35. The topological polar surface area (TPSA) is 80.4 Å². The van der Waals surface area contributed by atoms with Gasteiger partial charge in [-0.3, -0.25) is 10.1 Å². The molecule has 2 N–H and O–H groups in total. The number of para-hydroxylation sites is 1. The molecule has 2 aromatic carbocycles. The SMILES string of the molecule is COC(=O)c1ccc([C@@H]2N[C@@H](C(=O)OC)Cc3c2[nH]c2ccccc32)cc1. The van der Waals surface area contributed by atoms with Crippen LogP contribution in [0.3, 0.4) is 0 Å². The van der Waals surface area contributed by atoms with Crippen molar-refractivity contribution >= 4 is 22.8 Å². The van der Waals surface area contributed by atoms with Crippen molar-refractivity contribution < 1.29 is 19.1 Å². The van der Waals surface area contributed by atoms with Gasteiger partial charge in [0.1, 0.15) is 6.04 Å². The average molecular weight is 364 g/mol. The minimum atomic E-state index is -0.438. The Kier molecular flexibility index (Phi) is 4.41. The van der Waals surface area contributed by atoms with E-state index in [4.69, 9.17) is 9.47 Å². The summed E-state index contributed by atoms with van der Waals surface area (Å²) in [5.74, 6) is -0.668. The van der Waals surface area contributed by atoms with Gasteiger partial charge >= 0.3 is 11.9 Å². The van der Waals surface area contributed by atoms with Gasteiger partial charge in [0, 0.05) is 23.0 Å². The molecule has 3 aromatic rings. The number of carbonyl (C=O) groups excluding carboxylic acids is 2. The Balaban J connectivity index is 1.79. The minimum Gasteiger partial charge on any atom is -0.468 e. The van der Waals surface area contributed by atoms with Crippen LogP contribution in [0.4, 0.5) is 0 Å². The molecule has 1 aliphatic heterocycles. The number of carbonyl (C=O) groups is 2. The number of hydrogen-bond donors (Lipinski definition) is 2. The Morgan fingerprint density at radius 3 is 2.44 bits per heavy atom. The summed E-state index contributed by atoms with van der Waals surface area (Å²) in [6.07, 6.45) is 0.558. The van der Waals surface area contributed by atoms with Crippen molar-refractivity contribution in [1.29, 1.82) is 0 Å². The number of rotatable bonds is 3. The quantitative estimate of drug-likeness (QED) is 0.699. The first-order valence-electron chi connectivity index (χ1n) is 8.74. The van der Waals surface area contributed by atoms with Crippen molar-refractivity contribution in [3.63, 3.8) is 0 Å². The van der Waals surface area contributed by atoms with Crippen LogP contribution in [0.15, 0.2) is 48.5 Å². The van der Waals surface area contributed by atoms with E-state index >= 15 is 0 Å². The number of ether oxygens (including phenoxy) is 2. The van der Waals surface area contributed by atoms with Crippen LogP contribution in [0, 0.1) is 0 Å². The molecule has 6 heteroatoms. The Labute approximate surface area is 156 Å². The maximum absolute atomic E-state index is 12.2. The molecule has 0 saturated heterocycles. The van der Waals surface area contributed by atoms with Crippen molar-refractivity contribution in [1.82, 2.24) is 10.3 Å². The maximum atomic E-state index is 12.2. The monoisotopic (exact) mass is 364 g/mol. The summed E-state index contributed by atoms with van der Waals surface area (Å²) in [4.78, 5) is 27.4. The first kappa shape index (κ1) is 17.3. The van der Waals surface area contributed by atoms with E-state index in [0.29, 0.717) is 12.0 Å². The van der Waals surface area contributed by atoms with Crippen LogP contribution in [-0.2, 0) is 20.7 Å². The normalized spacial score (nSPS) is 18.7. The van der Waals surface area contributed by atoms with Crippen LogP contribution >= 0.6 is 0 Å². The van der Waals surface area contributed by atoms with Gasteiger partial charge in [-0.15, -0.1) is 0 Å². The summed E-state index contributed by atoms with van der Waals surface area (Å²) in [6, 6.07) is 14.6. The predicted octanol–water partition coefficient (Wildman–Crippen LogP) is 2.73. The van der Waals surface area contributed by atoms with Crippen molar-refractivity contribution in [2.24, 2.45) is 0 Å². The molecule has 4 rings (SSSR count). The molecule has 138 valence electrons. The second-order valence-corrected chi connectivity index (χ2v) is 6.56. The van der Waals surface area contributed by atoms with Gasteiger partial charge in [0.2, 0.25) is 0 Å². The lowest BCUT2D eigenvalue weighted by atomic mass is 9.90. The summed E-state index contributed by atoms with van der Waals surface area (Å²) in [5, 5.41) is 4.49. The van der Waals surface area contributed by atoms with Gasteiger partial charge in [0.15, 0.2) is 0 Å². The molecular weight excluding hydrogens is 344 g/mol. The zero-order valence-electron chi connectivity index (χ0n) is 15.1. The van der Waals surface area contributed by atoms with Crippen LogP contribution in [-0.4, -0.2) is 37.2 Å². The number of nitrogens with one attached hydrogen (secondary N) is 2. The zero-order valence-corrected chi connectivity index (χ0v) is 15.1. The third-order valence-corrected chi connectivity index (χ3v) is 5.06. The van der Waals surface area contributed by atoms with Gasteiger partial charge in [-0.2, -0.15) is 0 Å². The molecule has 0 spiro atoms. The molecule has 1 aliphatic rings. The fraction of sp³-hybridized carbons (Fsp3) is 0.238. The molecule has 0 bridgehead atoms. The van der Waals surface area contributed by atoms with Gasteiger partial charge in [-0.1, -0.05) is 30.3 Å². The van der Waals surface area contributed by atoms with Gasteiger partial charge in [0.05, 0.1) is 25.8 Å². The fourth-order valence-corrected chi connectivity index (χ4v) is 3.72. The van der Waals surface area contributed by atoms with Crippen molar-refractivity contribution in [3.05, 3.63) is 70.9 Å². The number of methoxy groups -OCH3 is 2. The van der Waals surface area contributed by atoms with E-state index in [2.05, 4.69) is 16.4 Å². The van der Waals surface area contributed by atoms with E-state index in [0.717, 1.165) is 27.7 Å². The van der Waals surface area contributed by atoms with Crippen molar-refractivity contribution in [3.8, 4) is 0 Å². The number of H-pyrrole nitrogens is 1.